The van der Waals surface area contributed by atoms with E-state index in [9.17, 15) is 13.2 Å². The van der Waals surface area contributed by atoms with Crippen LogP contribution in [0.15, 0.2) is 30.3 Å². The lowest BCUT2D eigenvalue weighted by Gasteiger charge is -2.34. The summed E-state index contributed by atoms with van der Waals surface area (Å²) in [5.41, 5.74) is 1.27. The molecule has 1 atom stereocenters. The highest BCUT2D eigenvalue weighted by Crippen LogP contribution is 2.23. The lowest BCUT2D eigenvalue weighted by molar-refractivity contribution is -0.138. The van der Waals surface area contributed by atoms with Crippen molar-refractivity contribution in [1.82, 2.24) is 10.2 Å². The SMILES string of the molecule is FC(F)(F)CCN1CCC(NC2CCN(c3ccccc3)C2)CC1. The van der Waals surface area contributed by atoms with Crippen LogP contribution in [0.5, 0.6) is 0 Å². The molecule has 2 heterocycles. The summed E-state index contributed by atoms with van der Waals surface area (Å²) >= 11 is 0. The van der Waals surface area contributed by atoms with E-state index in [-0.39, 0.29) is 6.54 Å². The molecule has 3 nitrogen and oxygen atoms in total. The molecule has 0 amide bonds. The van der Waals surface area contributed by atoms with Crippen LogP contribution in [-0.4, -0.2) is 55.9 Å². The Bertz CT molecular complexity index is 498. The van der Waals surface area contributed by atoms with Crippen molar-refractivity contribution in [2.75, 3.05) is 37.6 Å². The maximum atomic E-state index is 12.3. The molecule has 0 radical (unpaired) electrons. The van der Waals surface area contributed by atoms with Gasteiger partial charge in [0.25, 0.3) is 0 Å². The summed E-state index contributed by atoms with van der Waals surface area (Å²) in [6.45, 7) is 3.75. The van der Waals surface area contributed by atoms with Crippen molar-refractivity contribution in [1.29, 1.82) is 0 Å². The number of rotatable bonds is 5. The van der Waals surface area contributed by atoms with Crippen molar-refractivity contribution in [3.05, 3.63) is 30.3 Å². The molecule has 0 saturated carbocycles. The summed E-state index contributed by atoms with van der Waals surface area (Å²) in [6.07, 6.45) is -1.72. The Morgan fingerprint density at radius 1 is 0.958 bits per heavy atom. The molecule has 24 heavy (non-hydrogen) atoms. The number of nitrogens with one attached hydrogen (secondary N) is 1. The minimum absolute atomic E-state index is 0.140. The van der Waals surface area contributed by atoms with Crippen LogP contribution in [0.4, 0.5) is 18.9 Å². The van der Waals surface area contributed by atoms with Crippen LogP contribution in [0.2, 0.25) is 0 Å². The van der Waals surface area contributed by atoms with E-state index in [1.165, 1.54) is 5.69 Å². The van der Waals surface area contributed by atoms with Crippen molar-refractivity contribution in [3.63, 3.8) is 0 Å². The molecule has 1 unspecified atom stereocenters. The van der Waals surface area contributed by atoms with Crippen molar-refractivity contribution in [2.24, 2.45) is 0 Å². The fraction of sp³-hybridized carbons (Fsp3) is 0.667. The Kier molecular flexibility index (Phi) is 5.66. The standard InChI is InChI=1S/C18H26F3N3/c19-18(20,21)9-13-23-10-6-15(7-11-23)22-16-8-12-24(14-16)17-4-2-1-3-5-17/h1-5,15-16,22H,6-14H2. The van der Waals surface area contributed by atoms with Gasteiger partial charge in [-0.05, 0) is 44.5 Å². The minimum atomic E-state index is -4.04. The first-order valence-electron chi connectivity index (χ1n) is 8.85. The van der Waals surface area contributed by atoms with Gasteiger partial charge >= 0.3 is 6.18 Å². The number of likely N-dealkylation sites (tertiary alicyclic amines) is 1. The van der Waals surface area contributed by atoms with Crippen LogP contribution < -0.4 is 10.2 Å². The van der Waals surface area contributed by atoms with Gasteiger partial charge in [-0.2, -0.15) is 13.2 Å². The molecule has 3 rings (SSSR count). The molecule has 1 N–H and O–H groups in total. The molecule has 134 valence electrons. The number of benzene rings is 1. The van der Waals surface area contributed by atoms with Crippen LogP contribution in [0.1, 0.15) is 25.7 Å². The number of hydrogen-bond acceptors (Lipinski definition) is 3. The topological polar surface area (TPSA) is 18.5 Å². The molecule has 2 aliphatic heterocycles. The summed E-state index contributed by atoms with van der Waals surface area (Å²) in [7, 11) is 0. The van der Waals surface area contributed by atoms with Crippen LogP contribution >= 0.6 is 0 Å². The van der Waals surface area contributed by atoms with Gasteiger partial charge in [-0.15, -0.1) is 0 Å². The molecule has 6 heteroatoms. The Labute approximate surface area is 141 Å². The second-order valence-electron chi connectivity index (χ2n) is 6.91. The second kappa shape index (κ2) is 7.74. The summed E-state index contributed by atoms with van der Waals surface area (Å²) in [6, 6.07) is 11.4. The minimum Gasteiger partial charge on any atom is -0.370 e. The largest absolute Gasteiger partial charge is 0.390 e. The van der Waals surface area contributed by atoms with Crippen molar-refractivity contribution in [3.8, 4) is 0 Å². The van der Waals surface area contributed by atoms with Crippen molar-refractivity contribution >= 4 is 5.69 Å². The maximum absolute atomic E-state index is 12.3. The predicted molar refractivity (Wildman–Crippen MR) is 90.3 cm³/mol. The fourth-order valence-corrected chi connectivity index (χ4v) is 3.71. The normalized spacial score (nSPS) is 23.8. The van der Waals surface area contributed by atoms with Crippen LogP contribution in [0.25, 0.3) is 0 Å². The molecule has 0 spiro atoms. The van der Waals surface area contributed by atoms with Crippen molar-refractivity contribution < 1.29 is 13.2 Å². The van der Waals surface area contributed by atoms with E-state index in [2.05, 4.69) is 34.5 Å². The van der Waals surface area contributed by atoms with Crippen LogP contribution in [-0.2, 0) is 0 Å². The van der Waals surface area contributed by atoms with Gasteiger partial charge in [0, 0.05) is 37.4 Å². The predicted octanol–water partition coefficient (Wildman–Crippen LogP) is 3.27. The number of piperidine rings is 1. The summed E-state index contributed by atoms with van der Waals surface area (Å²) in [5, 5.41) is 3.72. The highest BCUT2D eigenvalue weighted by atomic mass is 19.4. The Hall–Kier alpha value is -1.27. The zero-order valence-corrected chi connectivity index (χ0v) is 13.9. The number of halogens is 3. The lowest BCUT2D eigenvalue weighted by atomic mass is 10.0. The van der Waals surface area contributed by atoms with E-state index in [4.69, 9.17) is 0 Å². The maximum Gasteiger partial charge on any atom is 0.390 e. The molecule has 0 bridgehead atoms. The van der Waals surface area contributed by atoms with E-state index in [0.29, 0.717) is 12.1 Å². The number of nitrogens with zero attached hydrogens (tertiary/aromatic N) is 2. The number of para-hydroxylation sites is 1. The fourth-order valence-electron chi connectivity index (χ4n) is 3.71. The summed E-state index contributed by atoms with van der Waals surface area (Å²) in [4.78, 5) is 4.34. The smallest absolute Gasteiger partial charge is 0.370 e. The van der Waals surface area contributed by atoms with E-state index < -0.39 is 12.6 Å². The molecule has 1 aromatic carbocycles. The van der Waals surface area contributed by atoms with Gasteiger partial charge in [0.15, 0.2) is 0 Å². The third-order valence-electron chi connectivity index (χ3n) is 5.08. The van der Waals surface area contributed by atoms with E-state index in [0.717, 1.165) is 45.4 Å². The first kappa shape index (κ1) is 17.5. The zero-order chi connectivity index (χ0) is 17.0. The summed E-state index contributed by atoms with van der Waals surface area (Å²) < 4.78 is 36.9. The molecular weight excluding hydrogens is 315 g/mol. The van der Waals surface area contributed by atoms with E-state index >= 15 is 0 Å². The van der Waals surface area contributed by atoms with E-state index in [1.807, 2.05) is 11.0 Å². The molecule has 2 aliphatic rings. The molecule has 2 saturated heterocycles. The van der Waals surface area contributed by atoms with Gasteiger partial charge < -0.3 is 15.1 Å². The molecule has 0 aliphatic carbocycles. The van der Waals surface area contributed by atoms with Gasteiger partial charge in [0.1, 0.15) is 0 Å². The highest BCUT2D eigenvalue weighted by Gasteiger charge is 2.30. The Morgan fingerprint density at radius 3 is 2.29 bits per heavy atom. The zero-order valence-electron chi connectivity index (χ0n) is 13.9. The van der Waals surface area contributed by atoms with Gasteiger partial charge in [0.2, 0.25) is 0 Å². The van der Waals surface area contributed by atoms with Gasteiger partial charge in [-0.3, -0.25) is 0 Å². The Balaban J connectivity index is 1.38. The second-order valence-corrected chi connectivity index (χ2v) is 6.91. The summed E-state index contributed by atoms with van der Waals surface area (Å²) in [5.74, 6) is 0. The quantitative estimate of drug-likeness (QED) is 0.887. The highest BCUT2D eigenvalue weighted by molar-refractivity contribution is 5.47. The van der Waals surface area contributed by atoms with E-state index in [1.54, 1.807) is 0 Å². The van der Waals surface area contributed by atoms with Crippen molar-refractivity contribution in [2.45, 2.75) is 43.9 Å². The molecule has 2 fully saturated rings. The first-order valence-corrected chi connectivity index (χ1v) is 8.85. The number of hydrogen-bond donors (Lipinski definition) is 1. The molecule has 0 aromatic heterocycles. The Morgan fingerprint density at radius 2 is 1.62 bits per heavy atom. The third kappa shape index (κ3) is 5.11. The number of alkyl halides is 3. The first-order chi connectivity index (χ1) is 11.5. The van der Waals surface area contributed by atoms with Crippen LogP contribution in [0.3, 0.4) is 0 Å². The lowest BCUT2D eigenvalue weighted by Crippen LogP contribution is -2.47. The average Bonchev–Trinajstić information content (AvgIpc) is 3.03. The van der Waals surface area contributed by atoms with Gasteiger partial charge in [-0.1, -0.05) is 18.2 Å². The molecular formula is C18H26F3N3. The third-order valence-corrected chi connectivity index (χ3v) is 5.08. The molecule has 1 aromatic rings. The van der Waals surface area contributed by atoms with Gasteiger partial charge in [-0.25, -0.2) is 0 Å². The number of anilines is 1. The average molecular weight is 341 g/mol. The van der Waals surface area contributed by atoms with Crippen LogP contribution in [0, 0.1) is 0 Å². The van der Waals surface area contributed by atoms with Gasteiger partial charge in [0.05, 0.1) is 6.42 Å². The monoisotopic (exact) mass is 341 g/mol.